The quantitative estimate of drug-likeness (QED) is 0.494. The molecule has 1 heterocycles. The van der Waals surface area contributed by atoms with Gasteiger partial charge in [0.1, 0.15) is 5.75 Å². The maximum Gasteiger partial charge on any atom is 0.416 e. The normalized spacial score (nSPS) is 14.5. The van der Waals surface area contributed by atoms with Crippen LogP contribution in [0.1, 0.15) is 43.0 Å². The number of rotatable bonds is 7. The number of aryl methyl sites for hydroxylation is 2. The van der Waals surface area contributed by atoms with Gasteiger partial charge in [0.2, 0.25) is 0 Å². The standard InChI is InChI=1S/C25H29F3N2O4/c1-6-33-22(31)24(4,5)34-21-16(2)13-18(14-17(21)3)15-29-11-12-30(23(29)32)20-9-7-19(8-10-20)25(26,27)28/h7-10,13-14H,6,11-12,15H2,1-5H3. The van der Waals surface area contributed by atoms with Crippen LogP contribution in [0, 0.1) is 13.8 Å². The molecule has 0 unspecified atom stereocenters. The number of carbonyl (C=O) groups excluding carboxylic acids is 2. The van der Waals surface area contributed by atoms with E-state index in [0.29, 0.717) is 31.1 Å². The van der Waals surface area contributed by atoms with Crippen LogP contribution in [-0.2, 0) is 22.3 Å². The molecule has 9 heteroatoms. The molecule has 3 rings (SSSR count). The minimum absolute atomic E-state index is 0.260. The molecule has 2 amide bonds. The van der Waals surface area contributed by atoms with E-state index >= 15 is 0 Å². The zero-order valence-corrected chi connectivity index (χ0v) is 20.0. The van der Waals surface area contributed by atoms with Crippen LogP contribution in [0.4, 0.5) is 23.7 Å². The molecule has 184 valence electrons. The average molecular weight is 479 g/mol. The molecule has 34 heavy (non-hydrogen) atoms. The fraction of sp³-hybridized carbons (Fsp3) is 0.440. The lowest BCUT2D eigenvalue weighted by molar-refractivity contribution is -0.158. The van der Waals surface area contributed by atoms with Gasteiger partial charge < -0.3 is 14.4 Å². The number of amides is 2. The van der Waals surface area contributed by atoms with Gasteiger partial charge in [-0.1, -0.05) is 12.1 Å². The van der Waals surface area contributed by atoms with Crippen LogP contribution in [0.3, 0.4) is 0 Å². The van der Waals surface area contributed by atoms with Gasteiger partial charge in [0.05, 0.1) is 12.2 Å². The van der Waals surface area contributed by atoms with Gasteiger partial charge in [-0.05, 0) is 75.6 Å². The molecule has 6 nitrogen and oxygen atoms in total. The number of anilines is 1. The molecular formula is C25H29F3N2O4. The molecule has 1 aliphatic heterocycles. The van der Waals surface area contributed by atoms with Crippen molar-refractivity contribution in [2.24, 2.45) is 0 Å². The Morgan fingerprint density at radius 2 is 1.62 bits per heavy atom. The van der Waals surface area contributed by atoms with E-state index in [1.54, 1.807) is 25.7 Å². The summed E-state index contributed by atoms with van der Waals surface area (Å²) in [5, 5.41) is 0. The monoisotopic (exact) mass is 478 g/mol. The molecule has 0 N–H and O–H groups in total. The van der Waals surface area contributed by atoms with E-state index in [1.807, 2.05) is 26.0 Å². The molecule has 2 aromatic rings. The highest BCUT2D eigenvalue weighted by molar-refractivity contribution is 5.94. The predicted molar refractivity (Wildman–Crippen MR) is 122 cm³/mol. The van der Waals surface area contributed by atoms with Gasteiger partial charge in [0.15, 0.2) is 5.60 Å². The van der Waals surface area contributed by atoms with Crippen LogP contribution in [0.2, 0.25) is 0 Å². The Morgan fingerprint density at radius 1 is 1.03 bits per heavy atom. The summed E-state index contributed by atoms with van der Waals surface area (Å²) in [4.78, 5) is 28.2. The van der Waals surface area contributed by atoms with Crippen molar-refractivity contribution in [3.8, 4) is 5.75 Å². The molecule has 1 saturated heterocycles. The van der Waals surface area contributed by atoms with E-state index in [2.05, 4.69) is 0 Å². The first-order chi connectivity index (χ1) is 15.8. The van der Waals surface area contributed by atoms with E-state index in [-0.39, 0.29) is 12.6 Å². The predicted octanol–water partition coefficient (Wildman–Crippen LogP) is 5.48. The highest BCUT2D eigenvalue weighted by atomic mass is 19.4. The number of nitrogens with zero attached hydrogens (tertiary/aromatic N) is 2. The van der Waals surface area contributed by atoms with E-state index in [0.717, 1.165) is 28.8 Å². The van der Waals surface area contributed by atoms with Crippen molar-refractivity contribution in [1.29, 1.82) is 0 Å². The number of ether oxygens (including phenoxy) is 2. The van der Waals surface area contributed by atoms with Crippen molar-refractivity contribution in [1.82, 2.24) is 4.90 Å². The van der Waals surface area contributed by atoms with E-state index in [1.165, 1.54) is 17.0 Å². The Labute approximate surface area is 197 Å². The van der Waals surface area contributed by atoms with Crippen LogP contribution in [0.15, 0.2) is 36.4 Å². The second-order valence-corrected chi connectivity index (χ2v) is 8.79. The lowest BCUT2D eigenvalue weighted by atomic mass is 10.0. The van der Waals surface area contributed by atoms with Crippen molar-refractivity contribution in [3.05, 3.63) is 58.7 Å². The van der Waals surface area contributed by atoms with Crippen molar-refractivity contribution in [2.45, 2.75) is 52.9 Å². The maximum absolute atomic E-state index is 12.9. The van der Waals surface area contributed by atoms with Crippen molar-refractivity contribution >= 4 is 17.7 Å². The first-order valence-electron chi connectivity index (χ1n) is 11.0. The minimum Gasteiger partial charge on any atom is -0.476 e. The zero-order valence-electron chi connectivity index (χ0n) is 20.0. The summed E-state index contributed by atoms with van der Waals surface area (Å²) in [6.45, 7) is 10.2. The van der Waals surface area contributed by atoms with Gasteiger partial charge in [-0.2, -0.15) is 13.2 Å². The number of hydrogen-bond donors (Lipinski definition) is 0. The average Bonchev–Trinajstić information content (AvgIpc) is 3.10. The third-order valence-electron chi connectivity index (χ3n) is 5.62. The number of halogens is 3. The Bertz CT molecular complexity index is 1040. The fourth-order valence-corrected chi connectivity index (χ4v) is 3.91. The third kappa shape index (κ3) is 5.46. The summed E-state index contributed by atoms with van der Waals surface area (Å²) in [5.41, 5.74) is 1.05. The largest absolute Gasteiger partial charge is 0.476 e. The molecule has 0 saturated carbocycles. The summed E-state index contributed by atoms with van der Waals surface area (Å²) in [5.74, 6) is 0.129. The van der Waals surface area contributed by atoms with Crippen LogP contribution < -0.4 is 9.64 Å². The molecule has 0 spiro atoms. The molecule has 0 aliphatic carbocycles. The van der Waals surface area contributed by atoms with E-state index in [4.69, 9.17) is 9.47 Å². The second-order valence-electron chi connectivity index (χ2n) is 8.79. The van der Waals surface area contributed by atoms with E-state index in [9.17, 15) is 22.8 Å². The van der Waals surface area contributed by atoms with Gasteiger partial charge in [0, 0.05) is 25.3 Å². The molecule has 1 fully saturated rings. The third-order valence-corrected chi connectivity index (χ3v) is 5.62. The first-order valence-corrected chi connectivity index (χ1v) is 11.0. The smallest absolute Gasteiger partial charge is 0.416 e. The van der Waals surface area contributed by atoms with Gasteiger partial charge in [-0.15, -0.1) is 0 Å². The van der Waals surface area contributed by atoms with Gasteiger partial charge in [-0.3, -0.25) is 4.90 Å². The molecular weight excluding hydrogens is 449 g/mol. The van der Waals surface area contributed by atoms with Crippen molar-refractivity contribution < 1.29 is 32.2 Å². The van der Waals surface area contributed by atoms with Crippen LogP contribution >= 0.6 is 0 Å². The molecule has 0 aromatic heterocycles. The van der Waals surface area contributed by atoms with E-state index < -0.39 is 23.3 Å². The van der Waals surface area contributed by atoms with Crippen molar-refractivity contribution in [3.63, 3.8) is 0 Å². The topological polar surface area (TPSA) is 59.1 Å². The number of benzene rings is 2. The van der Waals surface area contributed by atoms with Gasteiger partial charge in [-0.25, -0.2) is 9.59 Å². The second kappa shape index (κ2) is 9.56. The van der Waals surface area contributed by atoms with Crippen molar-refractivity contribution in [2.75, 3.05) is 24.6 Å². The highest BCUT2D eigenvalue weighted by Crippen LogP contribution is 2.32. The first kappa shape index (κ1) is 25.4. The number of urea groups is 1. The Morgan fingerprint density at radius 3 is 2.15 bits per heavy atom. The lowest BCUT2D eigenvalue weighted by Crippen LogP contribution is -2.40. The summed E-state index contributed by atoms with van der Waals surface area (Å²) >= 11 is 0. The van der Waals surface area contributed by atoms with Crippen LogP contribution in [0.5, 0.6) is 5.75 Å². The summed E-state index contributed by atoms with van der Waals surface area (Å²) in [6.07, 6.45) is -4.42. The summed E-state index contributed by atoms with van der Waals surface area (Å²) < 4.78 is 49.5. The van der Waals surface area contributed by atoms with Gasteiger partial charge in [0.25, 0.3) is 0 Å². The molecule has 0 radical (unpaired) electrons. The Hall–Kier alpha value is -3.23. The highest BCUT2D eigenvalue weighted by Gasteiger charge is 2.34. The minimum atomic E-state index is -4.42. The molecule has 0 atom stereocenters. The number of alkyl halides is 3. The Balaban J connectivity index is 1.71. The summed E-state index contributed by atoms with van der Waals surface area (Å²) in [7, 11) is 0. The fourth-order valence-electron chi connectivity index (χ4n) is 3.91. The zero-order chi connectivity index (χ0) is 25.3. The molecule has 0 bridgehead atoms. The number of carbonyl (C=O) groups is 2. The van der Waals surface area contributed by atoms with Gasteiger partial charge >= 0.3 is 18.2 Å². The maximum atomic E-state index is 12.9. The Kier molecular flexibility index (Phi) is 7.14. The molecule has 1 aliphatic rings. The lowest BCUT2D eigenvalue weighted by Gasteiger charge is -2.27. The number of esters is 1. The SMILES string of the molecule is CCOC(=O)C(C)(C)Oc1c(C)cc(CN2CCN(c3ccc(C(F)(F)F)cc3)C2=O)cc1C. The number of hydrogen-bond acceptors (Lipinski definition) is 4. The van der Waals surface area contributed by atoms with Crippen LogP contribution in [0.25, 0.3) is 0 Å². The van der Waals surface area contributed by atoms with Crippen LogP contribution in [-0.4, -0.2) is 42.2 Å². The molecule has 2 aromatic carbocycles. The summed E-state index contributed by atoms with van der Waals surface area (Å²) in [6, 6.07) is 8.13.